The van der Waals surface area contributed by atoms with Gasteiger partial charge in [-0.2, -0.15) is 0 Å². The van der Waals surface area contributed by atoms with Crippen LogP contribution in [0.2, 0.25) is 0 Å². The molecule has 4 heteroatoms. The first kappa shape index (κ1) is 15.6. The molecule has 3 nitrogen and oxygen atoms in total. The number of aryl methyl sites for hydroxylation is 1. The zero-order valence-electron chi connectivity index (χ0n) is 12.3. The first-order chi connectivity index (χ1) is 9.95. The highest BCUT2D eigenvalue weighted by molar-refractivity contribution is 9.10. The van der Waals surface area contributed by atoms with Gasteiger partial charge in [0.25, 0.3) is 5.91 Å². The molecule has 0 fully saturated rings. The molecular weight excluding hydrogens is 330 g/mol. The van der Waals surface area contributed by atoms with Gasteiger partial charge < -0.3 is 10.1 Å². The van der Waals surface area contributed by atoms with E-state index in [1.807, 2.05) is 39.0 Å². The molecule has 0 atom stereocenters. The number of halogens is 1. The molecule has 0 unspecified atom stereocenters. The lowest BCUT2D eigenvalue weighted by Gasteiger charge is -2.10. The van der Waals surface area contributed by atoms with Gasteiger partial charge in [0.1, 0.15) is 5.75 Å². The maximum Gasteiger partial charge on any atom is 0.255 e. The second-order valence-electron chi connectivity index (χ2n) is 5.11. The maximum atomic E-state index is 12.2. The molecule has 1 N–H and O–H groups in total. The largest absolute Gasteiger partial charge is 0.491 e. The first-order valence-corrected chi connectivity index (χ1v) is 7.59. The van der Waals surface area contributed by atoms with Crippen molar-refractivity contribution in [3.63, 3.8) is 0 Å². The van der Waals surface area contributed by atoms with Crippen LogP contribution in [0.5, 0.6) is 5.75 Å². The lowest BCUT2D eigenvalue weighted by atomic mass is 10.2. The van der Waals surface area contributed by atoms with Crippen LogP contribution in [0.3, 0.4) is 0 Å². The summed E-state index contributed by atoms with van der Waals surface area (Å²) in [6.45, 7) is 5.94. The summed E-state index contributed by atoms with van der Waals surface area (Å²) in [7, 11) is 0. The molecule has 1 amide bonds. The minimum absolute atomic E-state index is 0.120. The van der Waals surface area contributed by atoms with Crippen molar-refractivity contribution in [1.82, 2.24) is 0 Å². The van der Waals surface area contributed by atoms with Crippen molar-refractivity contribution in [1.29, 1.82) is 0 Å². The number of carbonyl (C=O) groups excluding carboxylic acids is 1. The smallest absolute Gasteiger partial charge is 0.255 e. The Balaban J connectivity index is 2.07. The van der Waals surface area contributed by atoms with Crippen LogP contribution in [0.15, 0.2) is 46.9 Å². The van der Waals surface area contributed by atoms with E-state index in [4.69, 9.17) is 4.74 Å². The maximum absolute atomic E-state index is 12.2. The summed E-state index contributed by atoms with van der Waals surface area (Å²) in [4.78, 5) is 12.2. The normalized spacial score (nSPS) is 10.5. The minimum atomic E-state index is -0.137. The number of amides is 1. The Kier molecular flexibility index (Phi) is 5.02. The van der Waals surface area contributed by atoms with Gasteiger partial charge >= 0.3 is 0 Å². The molecule has 0 saturated carbocycles. The van der Waals surface area contributed by atoms with Crippen molar-refractivity contribution in [2.45, 2.75) is 26.9 Å². The predicted molar refractivity (Wildman–Crippen MR) is 89.0 cm³/mol. The average Bonchev–Trinajstić information content (AvgIpc) is 2.43. The number of anilines is 1. The monoisotopic (exact) mass is 347 g/mol. The number of hydrogen-bond donors (Lipinski definition) is 1. The lowest BCUT2D eigenvalue weighted by Crippen LogP contribution is -2.12. The van der Waals surface area contributed by atoms with Crippen LogP contribution >= 0.6 is 15.9 Å². The molecule has 0 bridgehead atoms. The fourth-order valence-electron chi connectivity index (χ4n) is 1.83. The number of benzene rings is 2. The Morgan fingerprint density at radius 3 is 2.38 bits per heavy atom. The summed E-state index contributed by atoms with van der Waals surface area (Å²) in [5.41, 5.74) is 2.49. The molecule has 110 valence electrons. The van der Waals surface area contributed by atoms with E-state index in [9.17, 15) is 4.79 Å². The molecule has 0 radical (unpaired) electrons. The van der Waals surface area contributed by atoms with Gasteiger partial charge in [-0.05, 0) is 62.7 Å². The van der Waals surface area contributed by atoms with Crippen molar-refractivity contribution in [3.05, 3.63) is 58.1 Å². The zero-order chi connectivity index (χ0) is 15.4. The lowest BCUT2D eigenvalue weighted by molar-refractivity contribution is 0.102. The van der Waals surface area contributed by atoms with E-state index in [1.54, 1.807) is 24.3 Å². The molecule has 0 spiro atoms. The van der Waals surface area contributed by atoms with Crippen LogP contribution in [0.25, 0.3) is 0 Å². The van der Waals surface area contributed by atoms with E-state index in [2.05, 4.69) is 21.2 Å². The SMILES string of the molecule is Cc1ccc(NC(=O)c2ccc(OC(C)C)cc2)cc1Br. The number of ether oxygens (including phenoxy) is 1. The Bertz CT molecular complexity index is 636. The molecule has 21 heavy (non-hydrogen) atoms. The number of nitrogens with one attached hydrogen (secondary N) is 1. The Morgan fingerprint density at radius 2 is 1.81 bits per heavy atom. The van der Waals surface area contributed by atoms with Gasteiger partial charge in [-0.1, -0.05) is 22.0 Å². The van der Waals surface area contributed by atoms with Crippen LogP contribution in [-0.2, 0) is 0 Å². The van der Waals surface area contributed by atoms with Crippen LogP contribution in [0, 0.1) is 6.92 Å². The molecule has 0 heterocycles. The topological polar surface area (TPSA) is 38.3 Å². The van der Waals surface area contributed by atoms with E-state index >= 15 is 0 Å². The highest BCUT2D eigenvalue weighted by atomic mass is 79.9. The van der Waals surface area contributed by atoms with Crippen LogP contribution in [-0.4, -0.2) is 12.0 Å². The first-order valence-electron chi connectivity index (χ1n) is 6.80. The Morgan fingerprint density at radius 1 is 1.14 bits per heavy atom. The van der Waals surface area contributed by atoms with E-state index in [0.717, 1.165) is 21.5 Å². The molecule has 0 aliphatic rings. The molecule has 2 rings (SSSR count). The number of rotatable bonds is 4. The molecular formula is C17H18BrNO2. The van der Waals surface area contributed by atoms with Crippen molar-refractivity contribution >= 4 is 27.5 Å². The summed E-state index contributed by atoms with van der Waals surface area (Å²) in [6, 6.07) is 12.9. The predicted octanol–water partition coefficient (Wildman–Crippen LogP) is 4.80. The summed E-state index contributed by atoms with van der Waals surface area (Å²) in [6.07, 6.45) is 0.120. The van der Waals surface area contributed by atoms with Gasteiger partial charge in [-0.15, -0.1) is 0 Å². The molecule has 2 aromatic carbocycles. The highest BCUT2D eigenvalue weighted by Crippen LogP contribution is 2.21. The van der Waals surface area contributed by atoms with Gasteiger partial charge in [0, 0.05) is 15.7 Å². The van der Waals surface area contributed by atoms with E-state index < -0.39 is 0 Å². The second-order valence-corrected chi connectivity index (χ2v) is 5.96. The fraction of sp³-hybridized carbons (Fsp3) is 0.235. The van der Waals surface area contributed by atoms with Crippen molar-refractivity contribution < 1.29 is 9.53 Å². The highest BCUT2D eigenvalue weighted by Gasteiger charge is 2.07. The summed E-state index contributed by atoms with van der Waals surface area (Å²) in [5, 5.41) is 2.88. The van der Waals surface area contributed by atoms with Gasteiger partial charge in [-0.3, -0.25) is 4.79 Å². The van der Waals surface area contributed by atoms with Gasteiger partial charge in [0.2, 0.25) is 0 Å². The third kappa shape index (κ3) is 4.33. The van der Waals surface area contributed by atoms with Crippen LogP contribution in [0.1, 0.15) is 29.8 Å². The van der Waals surface area contributed by atoms with E-state index in [1.165, 1.54) is 0 Å². The molecule has 2 aromatic rings. The molecule has 0 aliphatic carbocycles. The third-order valence-electron chi connectivity index (χ3n) is 2.92. The molecule has 0 saturated heterocycles. The molecule has 0 aliphatic heterocycles. The van der Waals surface area contributed by atoms with Crippen molar-refractivity contribution in [2.24, 2.45) is 0 Å². The van der Waals surface area contributed by atoms with E-state index in [-0.39, 0.29) is 12.0 Å². The van der Waals surface area contributed by atoms with E-state index in [0.29, 0.717) is 5.56 Å². The standard InChI is InChI=1S/C17H18BrNO2/c1-11(2)21-15-8-5-13(6-9-15)17(20)19-14-7-4-12(3)16(18)10-14/h4-11H,1-3H3,(H,19,20). The van der Waals surface area contributed by atoms with Crippen molar-refractivity contribution in [2.75, 3.05) is 5.32 Å². The zero-order valence-corrected chi connectivity index (χ0v) is 13.9. The van der Waals surface area contributed by atoms with Gasteiger partial charge in [0.15, 0.2) is 0 Å². The van der Waals surface area contributed by atoms with Gasteiger partial charge in [-0.25, -0.2) is 0 Å². The van der Waals surface area contributed by atoms with Crippen LogP contribution in [0.4, 0.5) is 5.69 Å². The minimum Gasteiger partial charge on any atom is -0.491 e. The van der Waals surface area contributed by atoms with Gasteiger partial charge in [0.05, 0.1) is 6.10 Å². The molecule has 0 aromatic heterocycles. The fourth-order valence-corrected chi connectivity index (χ4v) is 2.21. The number of carbonyl (C=O) groups is 1. The summed E-state index contributed by atoms with van der Waals surface area (Å²) < 4.78 is 6.53. The average molecular weight is 348 g/mol. The Hall–Kier alpha value is -1.81. The second kappa shape index (κ2) is 6.76. The Labute approximate surface area is 133 Å². The van der Waals surface area contributed by atoms with Crippen molar-refractivity contribution in [3.8, 4) is 5.75 Å². The third-order valence-corrected chi connectivity index (χ3v) is 3.77. The summed E-state index contributed by atoms with van der Waals surface area (Å²) in [5.74, 6) is 0.626. The summed E-state index contributed by atoms with van der Waals surface area (Å²) >= 11 is 3.46. The quantitative estimate of drug-likeness (QED) is 0.862. The van der Waals surface area contributed by atoms with Crippen LogP contribution < -0.4 is 10.1 Å². The number of hydrogen-bond acceptors (Lipinski definition) is 2.